The van der Waals surface area contributed by atoms with Gasteiger partial charge in [0.25, 0.3) is 5.91 Å². The molecular formula is C16H27N5O2. The molecule has 7 nitrogen and oxygen atoms in total. The van der Waals surface area contributed by atoms with Crippen molar-refractivity contribution < 1.29 is 9.53 Å². The number of hydrogen-bond acceptors (Lipinski definition) is 6. The van der Waals surface area contributed by atoms with Gasteiger partial charge < -0.3 is 15.4 Å². The lowest BCUT2D eigenvalue weighted by Crippen LogP contribution is -2.41. The van der Waals surface area contributed by atoms with Crippen LogP contribution in [-0.2, 0) is 4.74 Å². The number of aryl methyl sites for hydroxylation is 1. The maximum absolute atomic E-state index is 12.3. The summed E-state index contributed by atoms with van der Waals surface area (Å²) in [5.74, 6) is 0.355. The minimum absolute atomic E-state index is 0.157. The van der Waals surface area contributed by atoms with Gasteiger partial charge in [-0.1, -0.05) is 6.92 Å². The molecule has 0 spiro atoms. The third-order valence-electron chi connectivity index (χ3n) is 3.89. The van der Waals surface area contributed by atoms with Gasteiger partial charge in [-0.25, -0.2) is 9.97 Å². The van der Waals surface area contributed by atoms with Gasteiger partial charge in [0, 0.05) is 37.9 Å². The number of hydrogen-bond donors (Lipinski definition) is 2. The predicted molar refractivity (Wildman–Crippen MR) is 89.7 cm³/mol. The Hall–Kier alpha value is -1.73. The van der Waals surface area contributed by atoms with E-state index in [0.717, 1.165) is 45.0 Å². The lowest BCUT2D eigenvalue weighted by Gasteiger charge is -2.26. The normalized spacial score (nSPS) is 16.8. The highest BCUT2D eigenvalue weighted by Crippen LogP contribution is 2.07. The average Bonchev–Trinajstić information content (AvgIpc) is 2.55. The van der Waals surface area contributed by atoms with Crippen molar-refractivity contribution in [3.05, 3.63) is 17.5 Å². The molecule has 7 heteroatoms. The van der Waals surface area contributed by atoms with Crippen LogP contribution in [0.15, 0.2) is 6.07 Å². The molecular weight excluding hydrogens is 294 g/mol. The molecule has 1 aliphatic heterocycles. The van der Waals surface area contributed by atoms with Crippen molar-refractivity contribution in [2.75, 3.05) is 44.7 Å². The molecule has 1 aromatic rings. The Morgan fingerprint density at radius 1 is 1.39 bits per heavy atom. The SMILES string of the molecule is CCC(C)Nc1nc(C)cc(C(=O)NCCN2CCOCC2)n1. The van der Waals surface area contributed by atoms with E-state index >= 15 is 0 Å². The number of carbonyl (C=O) groups is 1. The monoisotopic (exact) mass is 321 g/mol. The summed E-state index contributed by atoms with van der Waals surface area (Å²) in [5.41, 5.74) is 1.19. The van der Waals surface area contributed by atoms with Crippen LogP contribution in [0, 0.1) is 6.92 Å². The summed E-state index contributed by atoms with van der Waals surface area (Å²) >= 11 is 0. The highest BCUT2D eigenvalue weighted by atomic mass is 16.5. The molecule has 1 aliphatic rings. The van der Waals surface area contributed by atoms with Crippen LogP contribution in [0.3, 0.4) is 0 Å². The van der Waals surface area contributed by atoms with Crippen molar-refractivity contribution in [3.63, 3.8) is 0 Å². The summed E-state index contributed by atoms with van der Waals surface area (Å²) < 4.78 is 5.31. The Morgan fingerprint density at radius 2 is 2.13 bits per heavy atom. The van der Waals surface area contributed by atoms with Crippen LogP contribution in [0.2, 0.25) is 0 Å². The van der Waals surface area contributed by atoms with Crippen LogP contribution >= 0.6 is 0 Å². The van der Waals surface area contributed by atoms with Gasteiger partial charge in [-0.2, -0.15) is 0 Å². The number of rotatable bonds is 7. The van der Waals surface area contributed by atoms with Crippen LogP contribution < -0.4 is 10.6 Å². The van der Waals surface area contributed by atoms with Gasteiger partial charge in [0.15, 0.2) is 0 Å². The molecule has 128 valence electrons. The molecule has 2 heterocycles. The van der Waals surface area contributed by atoms with Gasteiger partial charge in [-0.3, -0.25) is 9.69 Å². The fraction of sp³-hybridized carbons (Fsp3) is 0.688. The summed E-state index contributed by atoms with van der Waals surface area (Å²) in [6.07, 6.45) is 0.971. The zero-order valence-corrected chi connectivity index (χ0v) is 14.3. The molecule has 1 atom stereocenters. The van der Waals surface area contributed by atoms with Crippen molar-refractivity contribution in [1.82, 2.24) is 20.2 Å². The van der Waals surface area contributed by atoms with Gasteiger partial charge in [0.2, 0.25) is 5.95 Å². The molecule has 0 saturated carbocycles. The van der Waals surface area contributed by atoms with E-state index in [-0.39, 0.29) is 11.9 Å². The first-order chi connectivity index (χ1) is 11.1. The van der Waals surface area contributed by atoms with Crippen molar-refractivity contribution in [3.8, 4) is 0 Å². The molecule has 2 rings (SSSR count). The third kappa shape index (κ3) is 5.76. The van der Waals surface area contributed by atoms with Gasteiger partial charge in [0.1, 0.15) is 5.69 Å². The third-order valence-corrected chi connectivity index (χ3v) is 3.89. The van der Waals surface area contributed by atoms with E-state index < -0.39 is 0 Å². The molecule has 1 fully saturated rings. The van der Waals surface area contributed by atoms with Gasteiger partial charge >= 0.3 is 0 Å². The Kier molecular flexibility index (Phi) is 6.73. The first-order valence-corrected chi connectivity index (χ1v) is 8.29. The molecule has 0 radical (unpaired) electrons. The summed E-state index contributed by atoms with van der Waals surface area (Å²) in [4.78, 5) is 23.2. The van der Waals surface area contributed by atoms with E-state index in [2.05, 4.69) is 39.3 Å². The van der Waals surface area contributed by atoms with Crippen LogP contribution in [0.5, 0.6) is 0 Å². The number of nitrogens with zero attached hydrogens (tertiary/aromatic N) is 3. The standard InChI is InChI=1S/C16H27N5O2/c1-4-12(2)18-16-19-13(3)11-14(20-16)15(22)17-5-6-21-7-9-23-10-8-21/h11-12H,4-10H2,1-3H3,(H,17,22)(H,18,19,20). The Balaban J connectivity index is 1.87. The quantitative estimate of drug-likeness (QED) is 0.782. The van der Waals surface area contributed by atoms with E-state index in [0.29, 0.717) is 18.2 Å². The highest BCUT2D eigenvalue weighted by Gasteiger charge is 2.13. The lowest BCUT2D eigenvalue weighted by molar-refractivity contribution is 0.0383. The maximum Gasteiger partial charge on any atom is 0.270 e. The summed E-state index contributed by atoms with van der Waals surface area (Å²) in [5, 5.41) is 6.14. The maximum atomic E-state index is 12.3. The van der Waals surface area contributed by atoms with Gasteiger partial charge in [0.05, 0.1) is 13.2 Å². The van der Waals surface area contributed by atoms with Gasteiger partial charge in [-0.15, -0.1) is 0 Å². The molecule has 1 unspecified atom stereocenters. The largest absolute Gasteiger partial charge is 0.379 e. The number of anilines is 1. The van der Waals surface area contributed by atoms with Crippen LogP contribution in [-0.4, -0.2) is 66.2 Å². The number of aromatic nitrogens is 2. The number of amides is 1. The molecule has 0 bridgehead atoms. The smallest absolute Gasteiger partial charge is 0.270 e. The van der Waals surface area contributed by atoms with Crippen molar-refractivity contribution >= 4 is 11.9 Å². The Bertz CT molecular complexity index is 517. The second-order valence-corrected chi connectivity index (χ2v) is 5.88. The van der Waals surface area contributed by atoms with Crippen molar-refractivity contribution in [2.24, 2.45) is 0 Å². The average molecular weight is 321 g/mol. The fourth-order valence-electron chi connectivity index (χ4n) is 2.31. The summed E-state index contributed by atoms with van der Waals surface area (Å²) in [6.45, 7) is 10.8. The molecule has 1 amide bonds. The second-order valence-electron chi connectivity index (χ2n) is 5.88. The first kappa shape index (κ1) is 17.6. The van der Waals surface area contributed by atoms with E-state index in [4.69, 9.17) is 4.74 Å². The summed E-state index contributed by atoms with van der Waals surface area (Å²) in [6, 6.07) is 1.99. The van der Waals surface area contributed by atoms with E-state index in [1.165, 1.54) is 0 Å². The fourth-order valence-corrected chi connectivity index (χ4v) is 2.31. The highest BCUT2D eigenvalue weighted by molar-refractivity contribution is 5.92. The lowest BCUT2D eigenvalue weighted by atomic mass is 10.2. The van der Waals surface area contributed by atoms with E-state index in [9.17, 15) is 4.79 Å². The van der Waals surface area contributed by atoms with Crippen molar-refractivity contribution in [1.29, 1.82) is 0 Å². The number of nitrogens with one attached hydrogen (secondary N) is 2. The predicted octanol–water partition coefficient (Wildman–Crippen LogP) is 1.06. The van der Waals surface area contributed by atoms with Crippen LogP contribution in [0.4, 0.5) is 5.95 Å². The van der Waals surface area contributed by atoms with E-state index in [1.54, 1.807) is 6.07 Å². The Labute approximate surface area is 137 Å². The minimum atomic E-state index is -0.157. The topological polar surface area (TPSA) is 79.4 Å². The van der Waals surface area contributed by atoms with E-state index in [1.807, 2.05) is 6.92 Å². The van der Waals surface area contributed by atoms with Gasteiger partial charge in [-0.05, 0) is 26.3 Å². The van der Waals surface area contributed by atoms with Crippen LogP contribution in [0.25, 0.3) is 0 Å². The number of ether oxygens (including phenoxy) is 1. The number of carbonyl (C=O) groups excluding carboxylic acids is 1. The Morgan fingerprint density at radius 3 is 2.83 bits per heavy atom. The molecule has 0 aliphatic carbocycles. The first-order valence-electron chi connectivity index (χ1n) is 8.29. The van der Waals surface area contributed by atoms with Crippen molar-refractivity contribution in [2.45, 2.75) is 33.2 Å². The van der Waals surface area contributed by atoms with Crippen LogP contribution in [0.1, 0.15) is 36.5 Å². The molecule has 0 aromatic carbocycles. The zero-order chi connectivity index (χ0) is 16.7. The number of morpholine rings is 1. The molecule has 1 aromatic heterocycles. The second kappa shape index (κ2) is 8.79. The molecule has 1 saturated heterocycles. The molecule has 2 N–H and O–H groups in total. The summed E-state index contributed by atoms with van der Waals surface area (Å²) in [7, 11) is 0. The zero-order valence-electron chi connectivity index (χ0n) is 14.3. The minimum Gasteiger partial charge on any atom is -0.379 e. The molecule has 23 heavy (non-hydrogen) atoms.